The lowest BCUT2D eigenvalue weighted by atomic mass is 10.1. The van der Waals surface area contributed by atoms with Crippen molar-refractivity contribution >= 4 is 27.5 Å². The number of nitrogens with one attached hydrogen (secondary N) is 1. The number of alkyl halides is 2. The molecule has 2 heterocycles. The molecular formula is C27H39F2N5O5S. The summed E-state index contributed by atoms with van der Waals surface area (Å²) in [5.41, 5.74) is 6.41. The summed E-state index contributed by atoms with van der Waals surface area (Å²) in [4.78, 5) is 27.9. The first kappa shape index (κ1) is 31.5. The molecule has 1 aromatic heterocycles. The normalized spacial score (nSPS) is 14.8. The maximum atomic E-state index is 13.6. The number of nitrogens with zero attached hydrogens (tertiary/aromatic N) is 3. The third kappa shape index (κ3) is 7.38. The fraction of sp³-hybridized carbons (Fsp3) is 0.556. The van der Waals surface area contributed by atoms with Gasteiger partial charge in [-0.2, -0.15) is 4.31 Å². The minimum atomic E-state index is -3.94. The molecule has 3 rings (SSSR count). The Labute approximate surface area is 234 Å². The highest BCUT2D eigenvalue weighted by molar-refractivity contribution is 7.89. The van der Waals surface area contributed by atoms with E-state index >= 15 is 0 Å². The van der Waals surface area contributed by atoms with Gasteiger partial charge in [-0.25, -0.2) is 8.42 Å². The van der Waals surface area contributed by atoms with Crippen LogP contribution in [0, 0.1) is 0 Å². The lowest BCUT2D eigenvalue weighted by molar-refractivity contribution is 0.0992. The summed E-state index contributed by atoms with van der Waals surface area (Å²) in [5, 5.41) is 2.73. The zero-order valence-electron chi connectivity index (χ0n) is 23.1. The van der Waals surface area contributed by atoms with Crippen LogP contribution in [0.4, 0.5) is 14.5 Å². The summed E-state index contributed by atoms with van der Waals surface area (Å²) in [6.45, 7) is 5.43. The number of benzene rings is 1. The number of nitrogens with two attached hydrogens (primary N) is 1. The van der Waals surface area contributed by atoms with Gasteiger partial charge in [0.15, 0.2) is 0 Å². The first-order chi connectivity index (χ1) is 19.2. The molecule has 1 saturated heterocycles. The molecule has 0 saturated carbocycles. The van der Waals surface area contributed by atoms with Crippen LogP contribution in [-0.2, 0) is 23.0 Å². The zero-order valence-corrected chi connectivity index (χ0v) is 23.9. The number of rotatable bonds is 15. The van der Waals surface area contributed by atoms with E-state index in [4.69, 9.17) is 10.5 Å². The second-order valence-corrected chi connectivity index (χ2v) is 11.5. The Balaban J connectivity index is 1.95. The van der Waals surface area contributed by atoms with Crippen LogP contribution >= 0.6 is 0 Å². The van der Waals surface area contributed by atoms with E-state index in [9.17, 15) is 26.8 Å². The molecule has 0 atom stereocenters. The monoisotopic (exact) mass is 583 g/mol. The van der Waals surface area contributed by atoms with Crippen LogP contribution < -0.4 is 15.8 Å². The number of aryl methyl sites for hydroxylation is 2. The van der Waals surface area contributed by atoms with E-state index in [1.165, 1.54) is 22.5 Å². The molecule has 0 unspecified atom stereocenters. The van der Waals surface area contributed by atoms with E-state index in [1.807, 2.05) is 18.7 Å². The summed E-state index contributed by atoms with van der Waals surface area (Å²) in [5.74, 6) is -1.25. The van der Waals surface area contributed by atoms with Gasteiger partial charge >= 0.3 is 0 Å². The van der Waals surface area contributed by atoms with Crippen LogP contribution in [0.5, 0.6) is 5.75 Å². The molecule has 0 aliphatic carbocycles. The standard InChI is InChI=1S/C27H39F2N5O5S/c1-3-17-39-23-9-8-21(40(37,38)34-15-13-32(14-16-34)12-6-11-29)18-22(23)27(36)31-24-20(7-5-10-28)19-33(4-2)25(24)26(30)35/h8-9,18-19H,3-7,10-17H2,1-2H3,(H2,30,35)(H,31,36). The van der Waals surface area contributed by atoms with Gasteiger partial charge < -0.3 is 25.3 Å². The number of carbonyl (C=O) groups excluding carboxylic acids is 2. The van der Waals surface area contributed by atoms with E-state index in [0.29, 0.717) is 51.2 Å². The number of halogens is 2. The van der Waals surface area contributed by atoms with Crippen LogP contribution in [0.15, 0.2) is 29.3 Å². The number of anilines is 1. The number of hydrogen-bond acceptors (Lipinski definition) is 6. The van der Waals surface area contributed by atoms with Crippen molar-refractivity contribution in [3.8, 4) is 5.75 Å². The second-order valence-electron chi connectivity index (χ2n) is 9.57. The van der Waals surface area contributed by atoms with Crippen molar-refractivity contribution in [2.75, 3.05) is 58.0 Å². The molecule has 0 spiro atoms. The average molecular weight is 584 g/mol. The summed E-state index contributed by atoms with van der Waals surface area (Å²) in [7, 11) is -3.94. The first-order valence-corrected chi connectivity index (χ1v) is 15.1. The summed E-state index contributed by atoms with van der Waals surface area (Å²) in [6.07, 6.45) is 3.18. The predicted octanol–water partition coefficient (Wildman–Crippen LogP) is 3.22. The second kappa shape index (κ2) is 14.6. The lowest BCUT2D eigenvalue weighted by Crippen LogP contribution is -2.48. The van der Waals surface area contributed by atoms with Crippen LogP contribution in [-0.4, -0.2) is 86.7 Å². The third-order valence-electron chi connectivity index (χ3n) is 6.78. The van der Waals surface area contributed by atoms with Gasteiger partial charge in [0.2, 0.25) is 10.0 Å². The fourth-order valence-corrected chi connectivity index (χ4v) is 6.15. The van der Waals surface area contributed by atoms with Gasteiger partial charge in [-0.05, 0) is 56.4 Å². The van der Waals surface area contributed by atoms with Crippen LogP contribution in [0.2, 0.25) is 0 Å². The Morgan fingerprint density at radius 2 is 1.77 bits per heavy atom. The summed E-state index contributed by atoms with van der Waals surface area (Å²) < 4.78 is 61.2. The molecule has 1 aliphatic heterocycles. The number of amides is 2. The Morgan fingerprint density at radius 1 is 1.07 bits per heavy atom. The molecule has 1 aromatic carbocycles. The van der Waals surface area contributed by atoms with E-state index < -0.39 is 35.2 Å². The summed E-state index contributed by atoms with van der Waals surface area (Å²) in [6, 6.07) is 4.12. The van der Waals surface area contributed by atoms with Crippen molar-refractivity contribution in [2.24, 2.45) is 5.73 Å². The van der Waals surface area contributed by atoms with Crippen molar-refractivity contribution in [1.29, 1.82) is 0 Å². The van der Waals surface area contributed by atoms with E-state index in [2.05, 4.69) is 5.32 Å². The quantitative estimate of drug-likeness (QED) is 0.332. The highest BCUT2D eigenvalue weighted by atomic mass is 32.2. The molecular weight excluding hydrogens is 544 g/mol. The molecule has 10 nitrogen and oxygen atoms in total. The van der Waals surface area contributed by atoms with Gasteiger partial charge in [0.05, 0.1) is 36.1 Å². The number of sulfonamides is 1. The van der Waals surface area contributed by atoms with Gasteiger partial charge in [0.25, 0.3) is 11.8 Å². The minimum Gasteiger partial charge on any atom is -0.493 e. The largest absolute Gasteiger partial charge is 0.493 e. The highest BCUT2D eigenvalue weighted by Gasteiger charge is 2.30. The third-order valence-corrected chi connectivity index (χ3v) is 8.68. The highest BCUT2D eigenvalue weighted by Crippen LogP contribution is 2.30. The van der Waals surface area contributed by atoms with Gasteiger partial charge in [-0.3, -0.25) is 18.4 Å². The summed E-state index contributed by atoms with van der Waals surface area (Å²) >= 11 is 0. The smallest absolute Gasteiger partial charge is 0.267 e. The first-order valence-electron chi connectivity index (χ1n) is 13.6. The van der Waals surface area contributed by atoms with Crippen LogP contribution in [0.1, 0.15) is 59.5 Å². The molecule has 13 heteroatoms. The topological polar surface area (TPSA) is 127 Å². The number of hydrogen-bond donors (Lipinski definition) is 2. The van der Waals surface area contributed by atoms with Crippen molar-refractivity contribution < 1.29 is 31.5 Å². The Morgan fingerprint density at radius 3 is 2.38 bits per heavy atom. The SMILES string of the molecule is CCCOc1ccc(S(=O)(=O)N2CCN(CCCF)CC2)cc1C(=O)Nc1c(CCCF)cn(CC)c1C(N)=O. The molecule has 2 aromatic rings. The van der Waals surface area contributed by atoms with Gasteiger partial charge in [-0.15, -0.1) is 0 Å². The number of aromatic nitrogens is 1. The van der Waals surface area contributed by atoms with Crippen LogP contribution in [0.25, 0.3) is 0 Å². The minimum absolute atomic E-state index is 0.0211. The predicted molar refractivity (Wildman–Crippen MR) is 149 cm³/mol. The van der Waals surface area contributed by atoms with Crippen LogP contribution in [0.3, 0.4) is 0 Å². The molecule has 2 amide bonds. The Bertz CT molecular complexity index is 1280. The van der Waals surface area contributed by atoms with Crippen molar-refractivity contribution in [3.05, 3.63) is 41.2 Å². The zero-order chi connectivity index (χ0) is 29.3. The maximum absolute atomic E-state index is 13.6. The van der Waals surface area contributed by atoms with Crippen molar-refractivity contribution in [3.63, 3.8) is 0 Å². The van der Waals surface area contributed by atoms with E-state index in [1.54, 1.807) is 10.8 Å². The average Bonchev–Trinajstić information content (AvgIpc) is 3.31. The number of primary amides is 1. The number of piperazine rings is 1. The number of ether oxygens (including phenoxy) is 1. The number of carbonyl (C=O) groups is 2. The van der Waals surface area contributed by atoms with E-state index in [-0.39, 0.29) is 53.5 Å². The molecule has 40 heavy (non-hydrogen) atoms. The molecule has 0 bridgehead atoms. The fourth-order valence-electron chi connectivity index (χ4n) is 4.70. The van der Waals surface area contributed by atoms with Crippen molar-refractivity contribution in [2.45, 2.75) is 51.0 Å². The van der Waals surface area contributed by atoms with Gasteiger partial charge in [0, 0.05) is 45.5 Å². The van der Waals surface area contributed by atoms with Gasteiger partial charge in [0.1, 0.15) is 11.4 Å². The molecule has 1 fully saturated rings. The molecule has 1 aliphatic rings. The van der Waals surface area contributed by atoms with Gasteiger partial charge in [-0.1, -0.05) is 6.92 Å². The Kier molecular flexibility index (Phi) is 11.5. The van der Waals surface area contributed by atoms with Crippen molar-refractivity contribution in [1.82, 2.24) is 13.8 Å². The van der Waals surface area contributed by atoms with E-state index in [0.717, 1.165) is 0 Å². The lowest BCUT2D eigenvalue weighted by Gasteiger charge is -2.33. The Hall–Kier alpha value is -3.03. The molecule has 222 valence electrons. The maximum Gasteiger partial charge on any atom is 0.267 e. The molecule has 0 radical (unpaired) electrons. The molecule has 3 N–H and O–H groups in total.